The molecule has 4 heteroatoms. The Balaban J connectivity index is 2.00. The van der Waals surface area contributed by atoms with E-state index in [0.717, 1.165) is 0 Å². The van der Waals surface area contributed by atoms with E-state index in [0.29, 0.717) is 5.56 Å². The van der Waals surface area contributed by atoms with Crippen LogP contribution in [0.5, 0.6) is 11.5 Å². The molecule has 0 bridgehead atoms. The van der Waals surface area contributed by atoms with Crippen LogP contribution in [0.25, 0.3) is 0 Å². The smallest absolute Gasteiger partial charge is 0.119 e. The van der Waals surface area contributed by atoms with Crippen LogP contribution < -0.4 is 10.1 Å². The Bertz CT molecular complexity index is 772. The van der Waals surface area contributed by atoms with E-state index >= 15 is 0 Å². The number of hydrogen-bond donors (Lipinski definition) is 3. The molecule has 4 nitrogen and oxygen atoms in total. The Morgan fingerprint density at radius 2 is 1.77 bits per heavy atom. The molecule has 0 amide bonds. The summed E-state index contributed by atoms with van der Waals surface area (Å²) in [5.41, 5.74) is 0.645. The van der Waals surface area contributed by atoms with Gasteiger partial charge in [-0.1, -0.05) is 30.3 Å². The summed E-state index contributed by atoms with van der Waals surface area (Å²) < 4.78 is 44.0. The fourth-order valence-electron chi connectivity index (χ4n) is 2.07. The molecule has 118 valence electrons. The van der Waals surface area contributed by atoms with E-state index in [1.54, 1.807) is 26.0 Å². The van der Waals surface area contributed by atoms with Crippen molar-refractivity contribution >= 4 is 0 Å². The van der Waals surface area contributed by atoms with Crippen molar-refractivity contribution in [3.05, 3.63) is 60.0 Å². The summed E-state index contributed by atoms with van der Waals surface area (Å²) in [4.78, 5) is 0. The van der Waals surface area contributed by atoms with Crippen LogP contribution in [-0.4, -0.2) is 28.9 Å². The van der Waals surface area contributed by atoms with Crippen LogP contribution in [0.1, 0.15) is 32.4 Å². The van der Waals surface area contributed by atoms with Crippen molar-refractivity contribution in [1.82, 2.24) is 5.32 Å². The quantitative estimate of drug-likeness (QED) is 0.736. The first-order chi connectivity index (χ1) is 12.6. The van der Waals surface area contributed by atoms with Crippen molar-refractivity contribution in [1.29, 1.82) is 0 Å². The minimum Gasteiger partial charge on any atom is -0.508 e. The molecule has 0 aliphatic heterocycles. The van der Waals surface area contributed by atoms with Crippen molar-refractivity contribution < 1.29 is 21.8 Å². The van der Waals surface area contributed by atoms with Gasteiger partial charge in [0.25, 0.3) is 0 Å². The van der Waals surface area contributed by atoms with E-state index < -0.39 is 24.2 Å². The molecule has 0 radical (unpaired) electrons. The highest BCUT2D eigenvalue weighted by atomic mass is 16.5. The van der Waals surface area contributed by atoms with Crippen LogP contribution in [-0.2, 0) is 0 Å². The number of rotatable bonds is 7. The van der Waals surface area contributed by atoms with E-state index in [9.17, 15) is 10.2 Å². The number of phenolic OH excluding ortho intramolecular Hbond substituents is 1. The SMILES string of the molecule is [2H]c1c([2H])c([2H])c(OCC(C)NC(C)C(O)c2ccc(O)cc2)c([2H])c1[2H]. The maximum absolute atomic E-state index is 10.4. The first-order valence-electron chi connectivity index (χ1n) is 9.56. The number of aromatic hydroxyl groups is 1. The van der Waals surface area contributed by atoms with E-state index in [1.807, 2.05) is 0 Å². The highest BCUT2D eigenvalue weighted by Gasteiger charge is 2.18. The van der Waals surface area contributed by atoms with E-state index in [-0.39, 0.29) is 42.3 Å². The maximum atomic E-state index is 10.4. The normalized spacial score (nSPS) is 18.2. The summed E-state index contributed by atoms with van der Waals surface area (Å²) in [6, 6.07) is 3.54. The number of aliphatic hydroxyl groups is 1. The lowest BCUT2D eigenvalue weighted by Gasteiger charge is -2.25. The molecule has 0 saturated carbocycles. The van der Waals surface area contributed by atoms with Crippen molar-refractivity contribution in [2.24, 2.45) is 0 Å². The summed E-state index contributed by atoms with van der Waals surface area (Å²) in [6.07, 6.45) is -0.811. The van der Waals surface area contributed by atoms with Gasteiger partial charge in [0.1, 0.15) is 18.1 Å². The second-order valence-electron chi connectivity index (χ2n) is 5.16. The number of hydrogen-bond acceptors (Lipinski definition) is 4. The molecule has 2 rings (SSSR count). The number of para-hydroxylation sites is 1. The lowest BCUT2D eigenvalue weighted by molar-refractivity contribution is 0.124. The Kier molecular flexibility index (Phi) is 3.79. The molecule has 0 spiro atoms. The first kappa shape index (κ1) is 10.6. The van der Waals surface area contributed by atoms with Gasteiger partial charge in [0.2, 0.25) is 0 Å². The fourth-order valence-corrected chi connectivity index (χ4v) is 2.07. The van der Waals surface area contributed by atoms with Gasteiger partial charge in [-0.15, -0.1) is 0 Å². The minimum absolute atomic E-state index is 0.0562. The van der Waals surface area contributed by atoms with Gasteiger partial charge >= 0.3 is 0 Å². The lowest BCUT2D eigenvalue weighted by Crippen LogP contribution is -2.41. The third kappa shape index (κ3) is 4.76. The van der Waals surface area contributed by atoms with Crippen LogP contribution in [0.4, 0.5) is 0 Å². The second kappa shape index (κ2) is 7.82. The molecule has 3 unspecified atom stereocenters. The van der Waals surface area contributed by atoms with Crippen molar-refractivity contribution in [2.75, 3.05) is 6.61 Å². The molecule has 2 aromatic rings. The molecule has 22 heavy (non-hydrogen) atoms. The lowest BCUT2D eigenvalue weighted by atomic mass is 10.0. The number of ether oxygens (including phenoxy) is 1. The van der Waals surface area contributed by atoms with Gasteiger partial charge in [0.05, 0.1) is 13.0 Å². The van der Waals surface area contributed by atoms with E-state index in [2.05, 4.69) is 5.32 Å². The third-order valence-electron chi connectivity index (χ3n) is 3.21. The largest absolute Gasteiger partial charge is 0.508 e. The molecule has 3 N–H and O–H groups in total. The van der Waals surface area contributed by atoms with Crippen LogP contribution in [0.2, 0.25) is 0 Å². The summed E-state index contributed by atoms with van der Waals surface area (Å²) >= 11 is 0. The minimum atomic E-state index is -0.811. The summed E-state index contributed by atoms with van der Waals surface area (Å²) in [6.45, 7) is 3.65. The average Bonchev–Trinajstić information content (AvgIpc) is 2.64. The zero-order chi connectivity index (χ0) is 20.3. The maximum Gasteiger partial charge on any atom is 0.119 e. The van der Waals surface area contributed by atoms with Crippen LogP contribution in [0.3, 0.4) is 0 Å². The molecule has 2 aromatic carbocycles. The van der Waals surface area contributed by atoms with Gasteiger partial charge in [0.15, 0.2) is 0 Å². The molecule has 0 aliphatic rings. The highest BCUT2D eigenvalue weighted by Crippen LogP contribution is 2.20. The molecule has 0 fully saturated rings. The predicted molar refractivity (Wildman–Crippen MR) is 87.1 cm³/mol. The summed E-state index contributed by atoms with van der Waals surface area (Å²) in [7, 11) is 0. The van der Waals surface area contributed by atoms with E-state index in [1.165, 1.54) is 12.1 Å². The van der Waals surface area contributed by atoms with Gasteiger partial charge in [-0.3, -0.25) is 0 Å². The van der Waals surface area contributed by atoms with Crippen molar-refractivity contribution in [3.8, 4) is 11.5 Å². The predicted octanol–water partition coefficient (Wildman–Crippen LogP) is 2.87. The Hall–Kier alpha value is -2.04. The Labute approximate surface area is 138 Å². The molecular weight excluding hydrogens is 278 g/mol. The fraction of sp³-hybridized carbons (Fsp3) is 0.333. The number of aliphatic hydroxyl groups excluding tert-OH is 1. The number of nitrogens with one attached hydrogen (secondary N) is 1. The van der Waals surface area contributed by atoms with E-state index in [4.69, 9.17) is 11.6 Å². The standard InChI is InChI=1S/C18H23NO3/c1-13(12-22-17-6-4-3-5-7-17)19-14(2)18(21)15-8-10-16(20)11-9-15/h3-11,13-14,18-21H,12H2,1-2H3/i3D,4D,5D,6D,7D. The van der Waals surface area contributed by atoms with Gasteiger partial charge in [0, 0.05) is 12.1 Å². The van der Waals surface area contributed by atoms with Crippen LogP contribution in [0, 0.1) is 0 Å². The van der Waals surface area contributed by atoms with Crippen molar-refractivity contribution in [2.45, 2.75) is 32.0 Å². The number of phenols is 1. The van der Waals surface area contributed by atoms with Crippen molar-refractivity contribution in [3.63, 3.8) is 0 Å². The average molecular weight is 306 g/mol. The van der Waals surface area contributed by atoms with Crippen LogP contribution in [0.15, 0.2) is 54.5 Å². The van der Waals surface area contributed by atoms with Gasteiger partial charge in [-0.25, -0.2) is 0 Å². The molecule has 0 aliphatic carbocycles. The molecule has 0 heterocycles. The second-order valence-corrected chi connectivity index (χ2v) is 5.16. The summed E-state index contributed by atoms with van der Waals surface area (Å²) in [5.74, 6) is -0.0756. The molecule has 0 aromatic heterocycles. The molecular formula is C18H23NO3. The monoisotopic (exact) mass is 306 g/mol. The third-order valence-corrected chi connectivity index (χ3v) is 3.21. The summed E-state index contributed by atoms with van der Waals surface area (Å²) in [5, 5.41) is 22.9. The molecule has 3 atom stereocenters. The zero-order valence-electron chi connectivity index (χ0n) is 17.6. The van der Waals surface area contributed by atoms with Crippen LogP contribution >= 0.6 is 0 Å². The Morgan fingerprint density at radius 1 is 1.14 bits per heavy atom. The van der Waals surface area contributed by atoms with Gasteiger partial charge in [-0.05, 0) is 43.6 Å². The number of benzene rings is 2. The molecule has 0 saturated heterocycles. The Morgan fingerprint density at radius 3 is 2.41 bits per heavy atom. The van der Waals surface area contributed by atoms with Gasteiger partial charge < -0.3 is 20.3 Å². The first-order valence-corrected chi connectivity index (χ1v) is 7.06. The topological polar surface area (TPSA) is 61.7 Å². The van der Waals surface area contributed by atoms with Gasteiger partial charge in [-0.2, -0.15) is 0 Å². The zero-order valence-corrected chi connectivity index (χ0v) is 12.6. The highest BCUT2D eigenvalue weighted by molar-refractivity contribution is 5.28.